The van der Waals surface area contributed by atoms with Gasteiger partial charge >= 0.3 is 17.8 Å². The predicted molar refractivity (Wildman–Crippen MR) is 327 cm³/mol. The lowest BCUT2D eigenvalue weighted by molar-refractivity contribution is -0.383. The first-order valence-corrected chi connectivity index (χ1v) is 31.5. The molecule has 0 fully saturated rings. The molecule has 0 bridgehead atoms. The number of fused-ring (bicyclic) bond motifs is 1. The van der Waals surface area contributed by atoms with E-state index in [-0.39, 0.29) is 56.8 Å². The molecule has 0 radical (unpaired) electrons. The normalized spacial score (nSPS) is 13.4. The maximum absolute atomic E-state index is 12.6. The van der Waals surface area contributed by atoms with E-state index < -0.39 is 59.4 Å². The third kappa shape index (κ3) is 26.6. The van der Waals surface area contributed by atoms with E-state index in [1.54, 1.807) is 16.9 Å². The Morgan fingerprint density at radius 1 is 1.02 bits per heavy atom. The second-order valence-electron chi connectivity index (χ2n) is 18.1. The van der Waals surface area contributed by atoms with Crippen molar-refractivity contribution in [2.75, 3.05) is 90.5 Å². The van der Waals surface area contributed by atoms with E-state index in [9.17, 15) is 47.1 Å². The summed E-state index contributed by atoms with van der Waals surface area (Å²) < 4.78 is 59.3. The molecular weight excluding hydrogens is 1280 g/mol. The average Bonchev–Trinajstić information content (AvgIpc) is 2.50. The van der Waals surface area contributed by atoms with Gasteiger partial charge in [-0.15, -0.1) is 11.6 Å². The maximum atomic E-state index is 12.6. The zero-order chi connectivity index (χ0) is 64.4. The summed E-state index contributed by atoms with van der Waals surface area (Å²) in [7, 11) is -2.07. The van der Waals surface area contributed by atoms with E-state index in [0.717, 1.165) is 46.3 Å². The van der Waals surface area contributed by atoms with E-state index in [1.807, 2.05) is 83.3 Å². The van der Waals surface area contributed by atoms with E-state index in [1.165, 1.54) is 0 Å². The lowest BCUT2D eigenvalue weighted by Crippen LogP contribution is -2.47. The van der Waals surface area contributed by atoms with Gasteiger partial charge in [-0.2, -0.15) is 33.2 Å². The minimum absolute atomic E-state index is 0.0223. The smallest absolute Gasteiger partial charge is 0.416 e. The molecule has 0 saturated carbocycles. The molecule has 3 heterocycles. The molecule has 7 N–H and O–H groups in total. The summed E-state index contributed by atoms with van der Waals surface area (Å²) >= 11 is 34.3. The van der Waals surface area contributed by atoms with Crippen LogP contribution in [0.2, 0.25) is 15.3 Å². The van der Waals surface area contributed by atoms with Crippen LogP contribution in [0.25, 0.3) is 5.69 Å². The second-order valence-corrected chi connectivity index (χ2v) is 24.6. The fourth-order valence-electron chi connectivity index (χ4n) is 6.88. The molecule has 1 aliphatic heterocycles. The van der Waals surface area contributed by atoms with Gasteiger partial charge in [0.25, 0.3) is 5.91 Å². The lowest BCUT2D eigenvalue weighted by Gasteiger charge is -2.35. The molecule has 468 valence electrons. The number of halogens is 9. The zero-order valence-corrected chi connectivity index (χ0v) is 53.8. The van der Waals surface area contributed by atoms with Crippen LogP contribution in [-0.4, -0.2) is 145 Å². The van der Waals surface area contributed by atoms with Gasteiger partial charge in [0.15, 0.2) is 4.84 Å². The summed E-state index contributed by atoms with van der Waals surface area (Å²) in [6.45, 7) is 15.1. The van der Waals surface area contributed by atoms with Gasteiger partial charge in [0.1, 0.15) is 37.7 Å². The number of ether oxygens (including phenoxy) is 2. The number of aryl methyl sites for hydroxylation is 2. The monoisotopic (exact) mass is 1340 g/mol. The van der Waals surface area contributed by atoms with E-state index in [0.29, 0.717) is 53.9 Å². The Kier molecular flexibility index (Phi) is 34.2. The minimum Gasteiger partial charge on any atom is -0.778 e. The number of carboxylic acids is 1. The molecule has 34 heteroatoms. The predicted octanol–water partition coefficient (Wildman–Crippen LogP) is 9.89. The van der Waals surface area contributed by atoms with E-state index in [2.05, 4.69) is 62.4 Å². The number of anilines is 5. The summed E-state index contributed by atoms with van der Waals surface area (Å²) in [5.41, 5.74) is 7.71. The molecule has 3 atom stereocenters. The van der Waals surface area contributed by atoms with Gasteiger partial charge in [-0.25, -0.2) is 4.68 Å². The lowest BCUT2D eigenvalue weighted by atomic mass is 10.0. The standard InChI is InChI=1S/C15H22ClNO2.C11H11Cl2NO2.C10H5Cl2F3N4O2.C8H14ClN5.C3H8NO5P.C3H9S/c1-5-13-8-6-7-11(2)15(13)17(14(18)9-16)12(3)10-19-4;1-7-6-16-9-5-3-2-4-8(9)14(7)11(15)10(12)13;11-5-1-4(10(13,14)15)2-6(12)8(5)18-9(16)7(3-17-18)19(20)21;1-4-10-7-12-6(9)13-8(14-7)11-5(2)3;5-3(6)1-4-2-10(7,8)9;1-4(2)3/h6-8,12H,5,9-10H2,1-4H3;2-5,7,10H,6H2,1H3;1-3H,16H2;5H,4H2,1-3H3,(H2,10,11,12,13,14);4H,1-2H2,(H,5,6)(H2,7,8,9);1-3H3/q;;;;;+1/p-1. The largest absolute Gasteiger partial charge is 0.778 e. The van der Waals surface area contributed by atoms with Crippen molar-refractivity contribution >= 4 is 141 Å². The number of nitrogens with one attached hydrogen (secondary N) is 3. The van der Waals surface area contributed by atoms with Gasteiger partial charge in [-0.1, -0.05) is 83.7 Å². The quantitative estimate of drug-likeness (QED) is 0.0166. The highest BCUT2D eigenvalue weighted by Gasteiger charge is 2.34. The van der Waals surface area contributed by atoms with Crippen molar-refractivity contribution in [1.82, 2.24) is 30.0 Å². The van der Waals surface area contributed by atoms with Crippen molar-refractivity contribution in [2.45, 2.75) is 84.0 Å². The fraction of sp³-hybridized carbons (Fsp3) is 0.460. The van der Waals surface area contributed by atoms with Gasteiger partial charge in [0.05, 0.1) is 82.2 Å². The topological polar surface area (TPSA) is 318 Å². The van der Waals surface area contributed by atoms with Gasteiger partial charge in [-0.3, -0.25) is 29.8 Å². The maximum Gasteiger partial charge on any atom is 0.416 e. The Morgan fingerprint density at radius 2 is 1.61 bits per heavy atom. The number of aromatic nitrogens is 5. The molecule has 3 aromatic carbocycles. The number of amides is 2. The Labute approximate surface area is 518 Å². The zero-order valence-electron chi connectivity index (χ0n) is 47.5. The molecule has 0 saturated heterocycles. The molecule has 3 unspecified atom stereocenters. The molecule has 5 aromatic rings. The van der Waals surface area contributed by atoms with Crippen molar-refractivity contribution in [3.8, 4) is 11.4 Å². The third-order valence-electron chi connectivity index (χ3n) is 10.1. The number of alkyl halides is 6. The van der Waals surface area contributed by atoms with Crippen molar-refractivity contribution in [1.29, 1.82) is 0 Å². The number of hydrogen-bond donors (Lipinski definition) is 6. The number of methoxy groups -OCH3 is 1. The van der Waals surface area contributed by atoms with Crippen LogP contribution in [0.15, 0.2) is 60.8 Å². The number of rotatable bonds is 17. The van der Waals surface area contributed by atoms with Gasteiger partial charge in [0.2, 0.25) is 28.9 Å². The first-order chi connectivity index (χ1) is 39.1. The summed E-state index contributed by atoms with van der Waals surface area (Å²) in [6, 6.07) is 14.9. The Balaban J connectivity index is 0.000000525. The summed E-state index contributed by atoms with van der Waals surface area (Å²) in [5, 5.41) is 29.7. The molecule has 1 aliphatic rings. The first-order valence-electron chi connectivity index (χ1n) is 24.8. The number of carbonyl (C=O) groups excluding carboxylic acids is 2. The highest BCUT2D eigenvalue weighted by Crippen LogP contribution is 2.39. The summed E-state index contributed by atoms with van der Waals surface area (Å²) in [5.74, 6) is -0.320. The molecule has 6 rings (SSSR count). The molecule has 84 heavy (non-hydrogen) atoms. The van der Waals surface area contributed by atoms with Crippen molar-refractivity contribution in [3.05, 3.63) is 103 Å². The minimum atomic E-state index is -4.63. The van der Waals surface area contributed by atoms with Crippen molar-refractivity contribution in [2.24, 2.45) is 0 Å². The average molecular weight is 1350 g/mol. The highest BCUT2D eigenvalue weighted by molar-refractivity contribution is 7.94. The molecule has 2 aromatic heterocycles. The number of benzene rings is 3. The number of nitrogens with zero attached hydrogens (tertiary/aromatic N) is 8. The Bertz CT molecular complexity index is 2950. The van der Waals surface area contributed by atoms with Crippen LogP contribution < -0.4 is 41.1 Å². The van der Waals surface area contributed by atoms with Crippen LogP contribution in [-0.2, 0) is 47.2 Å². The number of carboxylic acid groups (broad SMARTS) is 1. The number of nitrogen functional groups attached to an aromatic ring is 1. The molecule has 2 amide bonds. The van der Waals surface area contributed by atoms with Crippen LogP contribution >= 0.6 is 77.2 Å². The summed E-state index contributed by atoms with van der Waals surface area (Å²) in [6.07, 6.45) is 2.97. The SMILES string of the molecule is CC1COc2ccccc2N1C(=O)C(Cl)Cl.CCNc1nc(Cl)nc(NC(C)C)n1.CCc1cccc(C)c1N(C(=O)CCl)C(C)COC.C[S+](C)C.Nc1c([N+](=O)[O-])cnn1-c1c(Cl)cc(C(F)(F)F)cc1Cl.O=C(O)CNCP(=O)([O-])O. The van der Waals surface area contributed by atoms with Crippen molar-refractivity contribution < 1.29 is 61.4 Å². The number of nitrogens with two attached hydrogens (primary N) is 1. The van der Waals surface area contributed by atoms with Crippen molar-refractivity contribution in [3.63, 3.8) is 0 Å². The van der Waals surface area contributed by atoms with Crippen LogP contribution in [0.5, 0.6) is 5.75 Å². The third-order valence-corrected chi connectivity index (χ3v) is 12.1. The molecule has 0 aliphatic carbocycles. The number of carbonyl (C=O) groups is 3. The van der Waals surface area contributed by atoms with Crippen LogP contribution in [0.1, 0.15) is 58.2 Å². The first kappa shape index (κ1) is 76.9. The number of para-hydroxylation sites is 3. The second kappa shape index (κ2) is 37.4. The van der Waals surface area contributed by atoms with Crippen LogP contribution in [0.3, 0.4) is 0 Å². The Hall–Kier alpha value is -5.16. The van der Waals surface area contributed by atoms with Gasteiger partial charge < -0.3 is 55.1 Å². The van der Waals surface area contributed by atoms with Gasteiger partial charge in [0, 0.05) is 19.7 Å². The Morgan fingerprint density at radius 3 is 2.08 bits per heavy atom. The number of nitro groups is 1. The fourth-order valence-corrected chi connectivity index (χ4v) is 8.42. The number of hydrogen-bond acceptors (Lipinski definition) is 17. The highest BCUT2D eigenvalue weighted by atomic mass is 35.5. The molecule has 23 nitrogen and oxygen atoms in total. The van der Waals surface area contributed by atoms with Gasteiger partial charge in [-0.05, 0) is 106 Å². The molecule has 0 spiro atoms. The summed E-state index contributed by atoms with van der Waals surface area (Å²) in [4.78, 5) is 76.0. The van der Waals surface area contributed by atoms with Crippen LogP contribution in [0, 0.1) is 17.0 Å². The van der Waals surface area contributed by atoms with E-state index >= 15 is 0 Å². The van der Waals surface area contributed by atoms with Crippen LogP contribution in [0.4, 0.5) is 47.9 Å². The number of aliphatic carboxylic acids is 1. The van der Waals surface area contributed by atoms with E-state index in [4.69, 9.17) is 94.8 Å². The molecular formula is C50H68Cl6F3N12O11PS.